The summed E-state index contributed by atoms with van der Waals surface area (Å²) >= 11 is 1.78. The van der Waals surface area contributed by atoms with Crippen LogP contribution in [0.3, 0.4) is 0 Å². The van der Waals surface area contributed by atoms with E-state index in [9.17, 15) is 0 Å². The fourth-order valence-electron chi connectivity index (χ4n) is 2.97. The lowest BCUT2D eigenvalue weighted by molar-refractivity contribution is 0.787. The van der Waals surface area contributed by atoms with Gasteiger partial charge in [0.05, 0.1) is 10.7 Å². The van der Waals surface area contributed by atoms with Crippen LogP contribution in [0.2, 0.25) is 0 Å². The minimum Gasteiger partial charge on any atom is -0.361 e. The maximum absolute atomic E-state index is 4.47. The molecule has 3 aromatic rings. The second-order valence-corrected chi connectivity index (χ2v) is 7.31. The first-order valence-corrected chi connectivity index (χ1v) is 9.41. The molecule has 0 saturated carbocycles. The topological polar surface area (TPSA) is 65.1 Å². The van der Waals surface area contributed by atoms with Gasteiger partial charge in [-0.15, -0.1) is 35.3 Å². The van der Waals surface area contributed by atoms with Crippen molar-refractivity contribution < 1.29 is 0 Å². The van der Waals surface area contributed by atoms with Gasteiger partial charge in [0.2, 0.25) is 0 Å². The van der Waals surface area contributed by atoms with E-state index in [1.807, 2.05) is 7.05 Å². The molecule has 0 unspecified atom stereocenters. The number of aromatic nitrogens is 2. The van der Waals surface area contributed by atoms with Crippen LogP contribution in [-0.4, -0.2) is 36.1 Å². The van der Waals surface area contributed by atoms with Crippen LogP contribution >= 0.6 is 35.3 Å². The zero-order valence-corrected chi connectivity index (χ0v) is 18.6. The molecule has 2 aromatic heterocycles. The average molecular weight is 483 g/mol. The number of benzene rings is 1. The predicted octanol–water partition coefficient (Wildman–Crippen LogP) is 3.81. The maximum atomic E-state index is 4.47. The van der Waals surface area contributed by atoms with Crippen LogP contribution < -0.4 is 10.6 Å². The monoisotopic (exact) mass is 483 g/mol. The molecule has 0 amide bonds. The fourth-order valence-corrected chi connectivity index (χ4v) is 3.91. The van der Waals surface area contributed by atoms with Crippen molar-refractivity contribution >= 4 is 52.2 Å². The lowest BCUT2D eigenvalue weighted by atomic mass is 10.1. The van der Waals surface area contributed by atoms with E-state index in [2.05, 4.69) is 69.9 Å². The molecule has 0 bridgehead atoms. The minimum absolute atomic E-state index is 0. The predicted molar refractivity (Wildman–Crippen MR) is 122 cm³/mol. The zero-order valence-electron chi connectivity index (χ0n) is 15.4. The number of rotatable bonds is 6. The van der Waals surface area contributed by atoms with Crippen LogP contribution in [0.25, 0.3) is 10.9 Å². The van der Waals surface area contributed by atoms with Gasteiger partial charge in [-0.1, -0.05) is 18.2 Å². The van der Waals surface area contributed by atoms with Crippen LogP contribution in [0.4, 0.5) is 0 Å². The number of halogens is 1. The number of aryl methyl sites for hydroxylation is 2. The number of guanidine groups is 1. The second kappa shape index (κ2) is 9.91. The smallest absolute Gasteiger partial charge is 0.190 e. The quantitative estimate of drug-likeness (QED) is 0.284. The Labute approximate surface area is 175 Å². The highest BCUT2D eigenvalue weighted by Crippen LogP contribution is 2.18. The summed E-state index contributed by atoms with van der Waals surface area (Å²) in [6.07, 6.45) is 4.02. The highest BCUT2D eigenvalue weighted by molar-refractivity contribution is 14.0. The molecule has 1 aromatic carbocycles. The van der Waals surface area contributed by atoms with E-state index in [-0.39, 0.29) is 24.0 Å². The summed E-state index contributed by atoms with van der Waals surface area (Å²) in [5.74, 6) is 0.846. The third kappa shape index (κ3) is 5.20. The number of fused-ring (bicyclic) bond motifs is 1. The molecular formula is C19H26IN5S. The summed E-state index contributed by atoms with van der Waals surface area (Å²) in [4.78, 5) is 13.4. The van der Waals surface area contributed by atoms with Crippen molar-refractivity contribution in [2.24, 2.45) is 4.99 Å². The summed E-state index contributed by atoms with van der Waals surface area (Å²) in [6.45, 7) is 5.84. The summed E-state index contributed by atoms with van der Waals surface area (Å²) < 4.78 is 0. The number of thiazole rings is 1. The van der Waals surface area contributed by atoms with Crippen molar-refractivity contribution in [3.63, 3.8) is 0 Å². The molecule has 3 N–H and O–H groups in total. The van der Waals surface area contributed by atoms with Crippen molar-refractivity contribution in [2.75, 3.05) is 20.1 Å². The van der Waals surface area contributed by atoms with E-state index in [0.29, 0.717) is 0 Å². The number of nitrogens with one attached hydrogen (secondary N) is 3. The second-order valence-electron chi connectivity index (χ2n) is 6.03. The summed E-state index contributed by atoms with van der Waals surface area (Å²) in [7, 11) is 1.81. The van der Waals surface area contributed by atoms with Crippen LogP contribution in [0.5, 0.6) is 0 Å². The zero-order chi connectivity index (χ0) is 17.6. The molecule has 3 rings (SSSR count). The van der Waals surface area contributed by atoms with Crippen molar-refractivity contribution in [3.8, 4) is 0 Å². The minimum atomic E-state index is 0. The molecule has 0 fully saturated rings. The van der Waals surface area contributed by atoms with E-state index < -0.39 is 0 Å². The van der Waals surface area contributed by atoms with Crippen molar-refractivity contribution in [2.45, 2.75) is 26.7 Å². The number of hydrogen-bond acceptors (Lipinski definition) is 3. The number of aliphatic imine (C=N–C) groups is 1. The number of H-pyrrole nitrogens is 1. The Bertz CT molecular complexity index is 868. The van der Waals surface area contributed by atoms with Gasteiger partial charge in [-0.05, 0) is 31.9 Å². The van der Waals surface area contributed by atoms with Gasteiger partial charge in [-0.25, -0.2) is 4.98 Å². The number of nitrogens with zero attached hydrogens (tertiary/aromatic N) is 2. The van der Waals surface area contributed by atoms with Gasteiger partial charge in [-0.2, -0.15) is 0 Å². The third-order valence-corrected chi connectivity index (χ3v) is 5.36. The lowest BCUT2D eigenvalue weighted by Crippen LogP contribution is -2.39. The first-order valence-electron chi connectivity index (χ1n) is 8.60. The third-order valence-electron chi connectivity index (χ3n) is 4.23. The Morgan fingerprint density at radius 3 is 2.58 bits per heavy atom. The summed E-state index contributed by atoms with van der Waals surface area (Å²) in [5, 5.41) is 9.20. The van der Waals surface area contributed by atoms with Crippen LogP contribution in [0.15, 0.2) is 35.5 Å². The SMILES string of the molecule is CN=C(NCCc1sc(C)nc1C)NCCc1c[nH]c2ccccc12.I. The van der Waals surface area contributed by atoms with E-state index in [0.717, 1.165) is 42.6 Å². The molecule has 0 aliphatic carbocycles. The molecule has 140 valence electrons. The molecule has 0 radical (unpaired) electrons. The molecule has 5 nitrogen and oxygen atoms in total. The Balaban J connectivity index is 0.00000243. The van der Waals surface area contributed by atoms with E-state index in [4.69, 9.17) is 0 Å². The Hall–Kier alpha value is -1.61. The molecular weight excluding hydrogens is 457 g/mol. The Kier molecular flexibility index (Phi) is 7.89. The molecule has 0 spiro atoms. The largest absolute Gasteiger partial charge is 0.361 e. The van der Waals surface area contributed by atoms with Gasteiger partial charge in [0.25, 0.3) is 0 Å². The number of hydrogen-bond donors (Lipinski definition) is 3. The maximum Gasteiger partial charge on any atom is 0.190 e. The Morgan fingerprint density at radius 2 is 1.88 bits per heavy atom. The van der Waals surface area contributed by atoms with Gasteiger partial charge < -0.3 is 15.6 Å². The lowest BCUT2D eigenvalue weighted by Gasteiger charge is -2.11. The molecule has 7 heteroatoms. The molecule has 0 saturated heterocycles. The average Bonchev–Trinajstić information content (AvgIpc) is 3.16. The molecule has 0 aliphatic heterocycles. The fraction of sp³-hybridized carbons (Fsp3) is 0.368. The van der Waals surface area contributed by atoms with Gasteiger partial charge in [0, 0.05) is 48.5 Å². The van der Waals surface area contributed by atoms with Crippen molar-refractivity contribution in [1.29, 1.82) is 0 Å². The summed E-state index contributed by atoms with van der Waals surface area (Å²) in [6, 6.07) is 8.40. The van der Waals surface area contributed by atoms with Gasteiger partial charge >= 0.3 is 0 Å². The van der Waals surface area contributed by atoms with Crippen LogP contribution in [-0.2, 0) is 12.8 Å². The van der Waals surface area contributed by atoms with Gasteiger partial charge in [0.15, 0.2) is 5.96 Å². The van der Waals surface area contributed by atoms with Crippen LogP contribution in [0, 0.1) is 13.8 Å². The first-order chi connectivity index (χ1) is 12.2. The van der Waals surface area contributed by atoms with Gasteiger partial charge in [0.1, 0.15) is 0 Å². The standard InChI is InChI=1S/C19H25N5S.HI/c1-13-18(25-14(2)24-13)9-11-22-19(20-3)21-10-8-15-12-23-17-7-5-4-6-16(15)17;/h4-7,12,23H,8-11H2,1-3H3,(H2,20,21,22);1H. The summed E-state index contributed by atoms with van der Waals surface area (Å²) in [5.41, 5.74) is 3.66. The van der Waals surface area contributed by atoms with Gasteiger partial charge in [-0.3, -0.25) is 4.99 Å². The molecule has 0 aliphatic rings. The molecule has 26 heavy (non-hydrogen) atoms. The Morgan fingerprint density at radius 1 is 1.15 bits per heavy atom. The van der Waals surface area contributed by atoms with Crippen molar-refractivity contribution in [3.05, 3.63) is 51.6 Å². The molecule has 2 heterocycles. The highest BCUT2D eigenvalue weighted by Gasteiger charge is 2.06. The highest BCUT2D eigenvalue weighted by atomic mass is 127. The number of aromatic amines is 1. The first kappa shape index (κ1) is 20.7. The van der Waals surface area contributed by atoms with E-state index in [1.165, 1.54) is 21.3 Å². The number of para-hydroxylation sites is 1. The molecule has 0 atom stereocenters. The van der Waals surface area contributed by atoms with E-state index >= 15 is 0 Å². The normalized spacial score (nSPS) is 11.4. The van der Waals surface area contributed by atoms with Crippen LogP contribution in [0.1, 0.15) is 21.1 Å². The van der Waals surface area contributed by atoms with Crippen molar-refractivity contribution in [1.82, 2.24) is 20.6 Å². The van der Waals surface area contributed by atoms with E-state index in [1.54, 1.807) is 11.3 Å².